The van der Waals surface area contributed by atoms with Gasteiger partial charge in [-0.05, 0) is 30.1 Å². The van der Waals surface area contributed by atoms with Crippen LogP contribution in [0.2, 0.25) is 0 Å². The lowest BCUT2D eigenvalue weighted by Crippen LogP contribution is -2.44. The van der Waals surface area contributed by atoms with E-state index in [9.17, 15) is 0 Å². The molecular formula is C10H19Br. The van der Waals surface area contributed by atoms with Gasteiger partial charge in [-0.15, -0.1) is 0 Å². The van der Waals surface area contributed by atoms with E-state index >= 15 is 0 Å². The first-order chi connectivity index (χ1) is 5.08. The molecule has 1 saturated carbocycles. The summed E-state index contributed by atoms with van der Waals surface area (Å²) in [5.74, 6) is 0. The van der Waals surface area contributed by atoms with Crippen LogP contribution in [0.5, 0.6) is 0 Å². The second-order valence-electron chi connectivity index (χ2n) is 4.50. The highest BCUT2D eigenvalue weighted by Gasteiger charge is 2.46. The van der Waals surface area contributed by atoms with E-state index in [0.29, 0.717) is 10.8 Å². The number of alkyl halides is 1. The topological polar surface area (TPSA) is 0 Å². The molecule has 11 heavy (non-hydrogen) atoms. The lowest BCUT2D eigenvalue weighted by Gasteiger charge is -2.52. The van der Waals surface area contributed by atoms with Gasteiger partial charge in [0.15, 0.2) is 0 Å². The normalized spacial score (nSPS) is 22.9. The summed E-state index contributed by atoms with van der Waals surface area (Å²) in [6.45, 7) is 7.12. The molecule has 0 spiro atoms. The molecule has 0 amide bonds. The number of halogens is 1. The number of hydrogen-bond donors (Lipinski definition) is 0. The van der Waals surface area contributed by atoms with E-state index < -0.39 is 0 Å². The molecule has 1 aliphatic carbocycles. The monoisotopic (exact) mass is 218 g/mol. The summed E-state index contributed by atoms with van der Waals surface area (Å²) in [6, 6.07) is 0. The molecule has 0 unspecified atom stereocenters. The molecule has 0 saturated heterocycles. The highest BCUT2D eigenvalue weighted by Crippen LogP contribution is 2.56. The Morgan fingerprint density at radius 3 is 2.00 bits per heavy atom. The quantitative estimate of drug-likeness (QED) is 0.629. The third-order valence-corrected chi connectivity index (χ3v) is 5.16. The molecule has 66 valence electrons. The van der Waals surface area contributed by atoms with E-state index in [1.807, 2.05) is 0 Å². The second kappa shape index (κ2) is 3.08. The maximum atomic E-state index is 3.62. The smallest absolute Gasteiger partial charge is 0.00879 e. The molecule has 0 atom stereocenters. The van der Waals surface area contributed by atoms with Crippen molar-refractivity contribution in [1.82, 2.24) is 0 Å². The first kappa shape index (κ1) is 9.57. The van der Waals surface area contributed by atoms with Crippen LogP contribution in [-0.2, 0) is 0 Å². The Labute approximate surface area is 78.9 Å². The molecule has 0 aromatic carbocycles. The fraction of sp³-hybridized carbons (Fsp3) is 1.00. The van der Waals surface area contributed by atoms with Gasteiger partial charge in [0.2, 0.25) is 0 Å². The minimum absolute atomic E-state index is 0.500. The Bertz CT molecular complexity index is 128. The van der Waals surface area contributed by atoms with E-state index in [2.05, 4.69) is 36.7 Å². The van der Waals surface area contributed by atoms with Crippen molar-refractivity contribution in [3.63, 3.8) is 0 Å². The number of hydrogen-bond acceptors (Lipinski definition) is 0. The Balaban J connectivity index is 2.68. The van der Waals surface area contributed by atoms with Crippen molar-refractivity contribution >= 4 is 15.9 Å². The van der Waals surface area contributed by atoms with Crippen LogP contribution in [-0.4, -0.2) is 5.33 Å². The predicted molar refractivity (Wildman–Crippen MR) is 54.2 cm³/mol. The Morgan fingerprint density at radius 2 is 1.91 bits per heavy atom. The van der Waals surface area contributed by atoms with Gasteiger partial charge in [0.05, 0.1) is 0 Å². The van der Waals surface area contributed by atoms with E-state index in [4.69, 9.17) is 0 Å². The van der Waals surface area contributed by atoms with E-state index in [-0.39, 0.29) is 0 Å². The molecule has 0 heterocycles. The van der Waals surface area contributed by atoms with Gasteiger partial charge in [0, 0.05) is 5.33 Å². The number of rotatable bonds is 3. The molecule has 0 aromatic heterocycles. The Hall–Kier alpha value is 0.480. The Kier molecular flexibility index (Phi) is 2.68. The molecular weight excluding hydrogens is 200 g/mol. The first-order valence-corrected chi connectivity index (χ1v) is 5.76. The van der Waals surface area contributed by atoms with Crippen molar-refractivity contribution in [3.05, 3.63) is 0 Å². The van der Waals surface area contributed by atoms with Crippen molar-refractivity contribution in [2.75, 3.05) is 5.33 Å². The lowest BCUT2D eigenvalue weighted by molar-refractivity contribution is -0.00264. The molecule has 0 N–H and O–H groups in total. The Morgan fingerprint density at radius 1 is 1.36 bits per heavy atom. The summed E-state index contributed by atoms with van der Waals surface area (Å²) >= 11 is 3.62. The largest absolute Gasteiger partial charge is 0.0922 e. The van der Waals surface area contributed by atoms with Crippen LogP contribution in [0.1, 0.15) is 46.5 Å². The van der Waals surface area contributed by atoms with Crippen LogP contribution in [0.4, 0.5) is 0 Å². The second-order valence-corrected chi connectivity index (χ2v) is 5.07. The molecule has 1 aliphatic rings. The van der Waals surface area contributed by atoms with Gasteiger partial charge in [0.25, 0.3) is 0 Å². The van der Waals surface area contributed by atoms with Gasteiger partial charge in [-0.3, -0.25) is 0 Å². The summed E-state index contributed by atoms with van der Waals surface area (Å²) in [4.78, 5) is 0. The maximum absolute atomic E-state index is 3.62. The summed E-state index contributed by atoms with van der Waals surface area (Å²) in [5, 5.41) is 1.15. The van der Waals surface area contributed by atoms with Crippen LogP contribution in [0.25, 0.3) is 0 Å². The van der Waals surface area contributed by atoms with Gasteiger partial charge in [-0.1, -0.05) is 43.1 Å². The van der Waals surface area contributed by atoms with E-state index in [0.717, 1.165) is 5.33 Å². The fourth-order valence-electron chi connectivity index (χ4n) is 2.25. The van der Waals surface area contributed by atoms with Crippen molar-refractivity contribution in [2.24, 2.45) is 10.8 Å². The summed E-state index contributed by atoms with van der Waals surface area (Å²) in [5.41, 5.74) is 1.16. The highest BCUT2D eigenvalue weighted by atomic mass is 79.9. The van der Waals surface area contributed by atoms with Crippen LogP contribution >= 0.6 is 15.9 Å². The average Bonchev–Trinajstić information content (AvgIpc) is 1.86. The first-order valence-electron chi connectivity index (χ1n) is 4.64. The third kappa shape index (κ3) is 1.37. The SMILES string of the molecule is CCC1(C(C)(C)CBr)CCC1. The summed E-state index contributed by atoms with van der Waals surface area (Å²) < 4.78 is 0. The summed E-state index contributed by atoms with van der Waals surface area (Å²) in [6.07, 6.45) is 5.69. The zero-order valence-electron chi connectivity index (χ0n) is 7.91. The van der Waals surface area contributed by atoms with Crippen LogP contribution in [0, 0.1) is 10.8 Å². The molecule has 1 fully saturated rings. The zero-order valence-corrected chi connectivity index (χ0v) is 9.50. The predicted octanol–water partition coefficient (Wildman–Crippen LogP) is 3.99. The molecule has 0 nitrogen and oxygen atoms in total. The zero-order chi connectivity index (χ0) is 8.54. The van der Waals surface area contributed by atoms with Gasteiger partial charge in [0.1, 0.15) is 0 Å². The van der Waals surface area contributed by atoms with Crippen molar-refractivity contribution < 1.29 is 0 Å². The van der Waals surface area contributed by atoms with Gasteiger partial charge < -0.3 is 0 Å². The molecule has 0 bridgehead atoms. The van der Waals surface area contributed by atoms with Crippen LogP contribution in [0.15, 0.2) is 0 Å². The third-order valence-electron chi connectivity index (χ3n) is 3.76. The van der Waals surface area contributed by atoms with E-state index in [1.165, 1.54) is 25.7 Å². The minimum atomic E-state index is 0.500. The standard InChI is InChI=1S/C10H19Br/c1-4-10(6-5-7-10)9(2,3)8-11/h4-8H2,1-3H3. The van der Waals surface area contributed by atoms with Gasteiger partial charge >= 0.3 is 0 Å². The molecule has 0 radical (unpaired) electrons. The van der Waals surface area contributed by atoms with E-state index in [1.54, 1.807) is 0 Å². The van der Waals surface area contributed by atoms with Crippen LogP contribution in [0.3, 0.4) is 0 Å². The molecule has 0 aliphatic heterocycles. The van der Waals surface area contributed by atoms with Crippen LogP contribution < -0.4 is 0 Å². The highest BCUT2D eigenvalue weighted by molar-refractivity contribution is 9.09. The van der Waals surface area contributed by atoms with Gasteiger partial charge in [-0.2, -0.15) is 0 Å². The van der Waals surface area contributed by atoms with Gasteiger partial charge in [-0.25, -0.2) is 0 Å². The fourth-order valence-corrected chi connectivity index (χ4v) is 2.85. The molecule has 0 aromatic rings. The van der Waals surface area contributed by atoms with Crippen molar-refractivity contribution in [1.29, 1.82) is 0 Å². The molecule has 1 rings (SSSR count). The molecule has 1 heteroatoms. The minimum Gasteiger partial charge on any atom is -0.0922 e. The summed E-state index contributed by atoms with van der Waals surface area (Å²) in [7, 11) is 0. The lowest BCUT2D eigenvalue weighted by atomic mass is 9.54. The van der Waals surface area contributed by atoms with Crippen molar-refractivity contribution in [2.45, 2.75) is 46.5 Å². The van der Waals surface area contributed by atoms with Crippen molar-refractivity contribution in [3.8, 4) is 0 Å². The maximum Gasteiger partial charge on any atom is 0.00879 e. The average molecular weight is 219 g/mol.